The van der Waals surface area contributed by atoms with Gasteiger partial charge in [-0.1, -0.05) is 0 Å². The maximum absolute atomic E-state index is 13.4. The first-order valence-electron chi connectivity index (χ1n) is 15.0. The zero-order valence-electron chi connectivity index (χ0n) is 26.6. The molecule has 0 radical (unpaired) electrons. The second kappa shape index (κ2) is 16.8. The fraction of sp³-hybridized carbons (Fsp3) is 0.516. The number of ether oxygens (including phenoxy) is 1. The Hall–Kier alpha value is -4.40. The number of fused-ring (bicyclic) bond motifs is 1. The summed E-state index contributed by atoms with van der Waals surface area (Å²) in [5.41, 5.74) is 0.958. The second-order valence-corrected chi connectivity index (χ2v) is 12.1. The van der Waals surface area contributed by atoms with Crippen molar-refractivity contribution in [1.82, 2.24) is 20.9 Å². The van der Waals surface area contributed by atoms with Crippen LogP contribution in [0, 0.1) is 6.92 Å². The van der Waals surface area contributed by atoms with Gasteiger partial charge in [-0.05, 0) is 69.7 Å². The molecule has 14 nitrogen and oxygen atoms in total. The van der Waals surface area contributed by atoms with E-state index in [1.54, 1.807) is 25.1 Å². The van der Waals surface area contributed by atoms with Crippen LogP contribution in [-0.2, 0) is 33.5 Å². The van der Waals surface area contributed by atoms with Crippen LogP contribution in [0.2, 0.25) is 0 Å². The third-order valence-corrected chi connectivity index (χ3v) is 8.23. The highest BCUT2D eigenvalue weighted by Gasteiger charge is 2.38. The molecule has 4 unspecified atom stereocenters. The molecule has 5 amide bonds. The number of aryl methyl sites for hydroxylation is 1. The van der Waals surface area contributed by atoms with Gasteiger partial charge in [0.15, 0.2) is 0 Å². The van der Waals surface area contributed by atoms with Crippen LogP contribution in [0.25, 0.3) is 11.0 Å². The van der Waals surface area contributed by atoms with Crippen molar-refractivity contribution in [1.29, 1.82) is 0 Å². The number of thioether (sulfide) groups is 1. The molecule has 1 aromatic carbocycles. The summed E-state index contributed by atoms with van der Waals surface area (Å²) in [5.74, 6) is -2.53. The van der Waals surface area contributed by atoms with Crippen LogP contribution < -0.4 is 26.9 Å². The number of rotatable bonds is 14. The number of carbonyl (C=O) groups excluding carboxylic acids is 6. The van der Waals surface area contributed by atoms with Gasteiger partial charge in [0.25, 0.3) is 0 Å². The summed E-state index contributed by atoms with van der Waals surface area (Å²) in [6, 6.07) is 2.64. The molecule has 15 heteroatoms. The van der Waals surface area contributed by atoms with Gasteiger partial charge >= 0.3 is 11.6 Å². The van der Waals surface area contributed by atoms with Crippen LogP contribution >= 0.6 is 11.8 Å². The highest BCUT2D eigenvalue weighted by atomic mass is 32.2. The van der Waals surface area contributed by atoms with E-state index in [9.17, 15) is 33.6 Å². The number of hydrogen-bond acceptors (Lipinski definition) is 10. The van der Waals surface area contributed by atoms with Gasteiger partial charge in [0, 0.05) is 36.2 Å². The van der Waals surface area contributed by atoms with Gasteiger partial charge in [0.1, 0.15) is 29.8 Å². The molecule has 1 saturated heterocycles. The lowest BCUT2D eigenvalue weighted by molar-refractivity contribution is -0.142. The van der Waals surface area contributed by atoms with Crippen molar-refractivity contribution in [2.45, 2.75) is 77.0 Å². The van der Waals surface area contributed by atoms with Crippen molar-refractivity contribution in [3.63, 3.8) is 0 Å². The van der Waals surface area contributed by atoms with Gasteiger partial charge in [-0.15, -0.1) is 0 Å². The molecule has 1 aromatic heterocycles. The molecule has 3 rings (SSSR count). The summed E-state index contributed by atoms with van der Waals surface area (Å²) in [6.45, 7) is 5.01. The Morgan fingerprint density at radius 3 is 2.46 bits per heavy atom. The number of hydrogen-bond donors (Lipinski definition) is 4. The number of nitrogens with one attached hydrogen (secondary N) is 4. The monoisotopic (exact) mass is 659 g/mol. The molecule has 4 N–H and O–H groups in total. The van der Waals surface area contributed by atoms with E-state index in [4.69, 9.17) is 4.42 Å². The largest absolute Gasteiger partial charge is 0.469 e. The summed E-state index contributed by atoms with van der Waals surface area (Å²) < 4.78 is 9.77. The predicted molar refractivity (Wildman–Crippen MR) is 172 cm³/mol. The van der Waals surface area contributed by atoms with Crippen molar-refractivity contribution < 1.29 is 37.9 Å². The predicted octanol–water partition coefficient (Wildman–Crippen LogP) is 1.23. The SMILES string of the molecule is COC(=O)CCC(=O)NC(C)C(=O)NC(C)C(=O)N1CCCC1C(=O)NC(CCSC)C(=O)Nc1ccc2c(C)cc(=O)oc2c1. The quantitative estimate of drug-likeness (QED) is 0.169. The minimum atomic E-state index is -0.998. The zero-order valence-corrected chi connectivity index (χ0v) is 27.4. The van der Waals surface area contributed by atoms with Crippen LogP contribution in [0.3, 0.4) is 0 Å². The Morgan fingerprint density at radius 1 is 1.02 bits per heavy atom. The third-order valence-electron chi connectivity index (χ3n) is 7.58. The van der Waals surface area contributed by atoms with Crippen LogP contribution in [0.4, 0.5) is 5.69 Å². The maximum Gasteiger partial charge on any atom is 0.336 e. The molecule has 0 bridgehead atoms. The normalized spacial score (nSPS) is 16.2. The highest BCUT2D eigenvalue weighted by molar-refractivity contribution is 7.98. The van der Waals surface area contributed by atoms with E-state index in [-0.39, 0.29) is 12.8 Å². The van der Waals surface area contributed by atoms with E-state index in [2.05, 4.69) is 26.0 Å². The number of likely N-dealkylation sites (tertiary alicyclic amines) is 1. The van der Waals surface area contributed by atoms with Crippen molar-refractivity contribution >= 4 is 63.9 Å². The maximum atomic E-state index is 13.4. The standard InChI is InChI=1S/C31H41N5O9S/c1-17-15-27(39)45-24-16-20(8-9-21(17)24)34-29(41)22(12-14-46-5)35-30(42)23-7-6-13-36(23)31(43)19(3)33-28(40)18(2)32-25(37)10-11-26(38)44-4/h8-9,15-16,18-19,22-23H,6-7,10-14H2,1-5H3,(H,32,37)(H,33,40)(H,34,41)(H,35,42). The molecule has 46 heavy (non-hydrogen) atoms. The smallest absolute Gasteiger partial charge is 0.336 e. The Labute approximate surface area is 270 Å². The first-order chi connectivity index (χ1) is 21.8. The Balaban J connectivity index is 1.62. The van der Waals surface area contributed by atoms with Crippen molar-refractivity contribution in [2.75, 3.05) is 31.0 Å². The lowest BCUT2D eigenvalue weighted by atomic mass is 10.1. The number of methoxy groups -OCH3 is 1. The summed E-state index contributed by atoms with van der Waals surface area (Å²) >= 11 is 1.51. The molecular formula is C31H41N5O9S. The molecule has 0 saturated carbocycles. The Kier molecular flexibility index (Phi) is 13.2. The molecular weight excluding hydrogens is 618 g/mol. The molecule has 250 valence electrons. The molecule has 2 aromatic rings. The fourth-order valence-corrected chi connectivity index (χ4v) is 5.52. The molecule has 0 aliphatic carbocycles. The summed E-state index contributed by atoms with van der Waals surface area (Å²) in [6.07, 6.45) is 2.86. The van der Waals surface area contributed by atoms with Gasteiger partial charge in [-0.2, -0.15) is 11.8 Å². The van der Waals surface area contributed by atoms with Crippen molar-refractivity contribution in [3.8, 4) is 0 Å². The molecule has 1 aliphatic rings. The lowest BCUT2D eigenvalue weighted by Gasteiger charge is -2.29. The first kappa shape index (κ1) is 36.1. The summed E-state index contributed by atoms with van der Waals surface area (Å²) in [7, 11) is 1.21. The fourth-order valence-electron chi connectivity index (χ4n) is 5.05. The van der Waals surface area contributed by atoms with E-state index in [1.807, 2.05) is 6.26 Å². The van der Waals surface area contributed by atoms with Crippen LogP contribution in [-0.4, -0.2) is 90.2 Å². The number of benzene rings is 1. The summed E-state index contributed by atoms with van der Waals surface area (Å²) in [4.78, 5) is 89.2. The average molecular weight is 660 g/mol. The number of amides is 5. The number of esters is 1. The average Bonchev–Trinajstić information content (AvgIpc) is 3.51. The van der Waals surface area contributed by atoms with Crippen LogP contribution in [0.1, 0.15) is 51.5 Å². The summed E-state index contributed by atoms with van der Waals surface area (Å²) in [5, 5.41) is 11.4. The van der Waals surface area contributed by atoms with E-state index in [0.717, 1.165) is 10.9 Å². The van der Waals surface area contributed by atoms with Gasteiger partial charge in [0.2, 0.25) is 29.5 Å². The lowest BCUT2D eigenvalue weighted by Crippen LogP contribution is -2.56. The molecule has 2 heterocycles. The van der Waals surface area contributed by atoms with E-state index in [0.29, 0.717) is 42.8 Å². The Morgan fingerprint density at radius 2 is 1.76 bits per heavy atom. The van der Waals surface area contributed by atoms with Gasteiger partial charge < -0.3 is 35.3 Å². The molecule has 1 fully saturated rings. The molecule has 1 aliphatic heterocycles. The number of carbonyl (C=O) groups is 6. The van der Waals surface area contributed by atoms with Crippen LogP contribution in [0.15, 0.2) is 33.5 Å². The van der Waals surface area contributed by atoms with Crippen LogP contribution in [0.5, 0.6) is 0 Å². The molecule has 4 atom stereocenters. The van der Waals surface area contributed by atoms with E-state index >= 15 is 0 Å². The number of anilines is 1. The first-order valence-corrected chi connectivity index (χ1v) is 16.4. The van der Waals surface area contributed by atoms with E-state index < -0.39 is 65.3 Å². The Bertz CT molecular complexity index is 1530. The number of nitrogens with zero attached hydrogens (tertiary/aromatic N) is 1. The topological polar surface area (TPSA) is 193 Å². The van der Waals surface area contributed by atoms with Crippen molar-refractivity contribution in [3.05, 3.63) is 40.2 Å². The molecule has 0 spiro atoms. The highest BCUT2D eigenvalue weighted by Crippen LogP contribution is 2.22. The minimum absolute atomic E-state index is 0.132. The second-order valence-electron chi connectivity index (χ2n) is 11.1. The third kappa shape index (κ3) is 9.80. The van der Waals surface area contributed by atoms with Gasteiger partial charge in [-0.25, -0.2) is 4.79 Å². The van der Waals surface area contributed by atoms with E-state index in [1.165, 1.54) is 43.7 Å². The zero-order chi connectivity index (χ0) is 34.0. The van der Waals surface area contributed by atoms with Gasteiger partial charge in [0.05, 0.1) is 13.5 Å². The van der Waals surface area contributed by atoms with Gasteiger partial charge in [-0.3, -0.25) is 28.8 Å². The minimum Gasteiger partial charge on any atom is -0.469 e. The van der Waals surface area contributed by atoms with Crippen molar-refractivity contribution in [2.24, 2.45) is 0 Å².